The van der Waals surface area contributed by atoms with Gasteiger partial charge in [0.15, 0.2) is 0 Å². The molecule has 1 aliphatic rings. The van der Waals surface area contributed by atoms with Crippen molar-refractivity contribution in [3.05, 3.63) is 22.7 Å². The molecule has 0 radical (unpaired) electrons. The third kappa shape index (κ3) is 3.07. The molecule has 3 rings (SSSR count). The molecule has 2 amide bonds. The minimum absolute atomic E-state index is 0.0143. The maximum absolute atomic E-state index is 11.8. The van der Waals surface area contributed by atoms with Crippen molar-refractivity contribution in [2.24, 2.45) is 0 Å². The molecule has 3 heterocycles. The van der Waals surface area contributed by atoms with Gasteiger partial charge in [-0.05, 0) is 31.2 Å². The molecule has 0 spiro atoms. The van der Waals surface area contributed by atoms with Gasteiger partial charge >= 0.3 is 6.03 Å². The van der Waals surface area contributed by atoms with Gasteiger partial charge in [0.05, 0.1) is 0 Å². The van der Waals surface area contributed by atoms with Crippen molar-refractivity contribution < 1.29 is 9.21 Å². The zero-order valence-electron chi connectivity index (χ0n) is 11.9. The van der Waals surface area contributed by atoms with E-state index in [1.165, 1.54) is 0 Å². The molecule has 0 saturated carbocycles. The molecular formula is C14H18N4O2S. The fraction of sp³-hybridized carbons (Fsp3) is 0.500. The number of nitrogens with one attached hydrogen (secondary N) is 1. The predicted molar refractivity (Wildman–Crippen MR) is 80.2 cm³/mol. The molecule has 1 aliphatic heterocycles. The molecule has 7 heteroatoms. The number of nitrogens with zero attached hydrogens (tertiary/aromatic N) is 3. The molecule has 2 aromatic heterocycles. The molecule has 2 aromatic rings. The molecule has 0 aliphatic carbocycles. The van der Waals surface area contributed by atoms with E-state index in [0.29, 0.717) is 18.3 Å². The third-order valence-corrected chi connectivity index (χ3v) is 4.35. The molecule has 0 atom stereocenters. The number of hydrogen-bond donors (Lipinski definition) is 1. The fourth-order valence-corrected chi connectivity index (χ4v) is 3.12. The van der Waals surface area contributed by atoms with Crippen LogP contribution >= 0.6 is 11.3 Å². The van der Waals surface area contributed by atoms with E-state index in [9.17, 15) is 4.79 Å². The van der Waals surface area contributed by atoms with Crippen molar-refractivity contribution >= 4 is 17.4 Å². The van der Waals surface area contributed by atoms with Crippen LogP contribution in [0, 0.1) is 0 Å². The molecule has 1 saturated heterocycles. The minimum Gasteiger partial charge on any atom is -0.420 e. The van der Waals surface area contributed by atoms with Crippen molar-refractivity contribution in [2.75, 3.05) is 19.6 Å². The predicted octanol–water partition coefficient (Wildman–Crippen LogP) is 2.71. The highest BCUT2D eigenvalue weighted by atomic mass is 32.1. The van der Waals surface area contributed by atoms with E-state index in [0.717, 1.165) is 31.5 Å². The summed E-state index contributed by atoms with van der Waals surface area (Å²) in [6, 6.07) is 1.99. The second kappa shape index (κ2) is 6.26. The number of carbonyl (C=O) groups is 1. The van der Waals surface area contributed by atoms with Crippen molar-refractivity contribution in [2.45, 2.75) is 25.7 Å². The topological polar surface area (TPSA) is 71.3 Å². The van der Waals surface area contributed by atoms with Crippen molar-refractivity contribution in [1.29, 1.82) is 0 Å². The standard InChI is InChI=1S/C14H18N4O2S/c1-2-15-14(19)18-6-3-10(4-7-18)12-16-17-13(20-12)11-5-8-21-9-11/h5,8-10H,2-4,6-7H2,1H3,(H,15,19). The van der Waals surface area contributed by atoms with Crippen molar-refractivity contribution in [1.82, 2.24) is 20.4 Å². The number of aromatic nitrogens is 2. The zero-order valence-corrected chi connectivity index (χ0v) is 12.7. The van der Waals surface area contributed by atoms with Crippen molar-refractivity contribution in [3.8, 4) is 11.5 Å². The lowest BCUT2D eigenvalue weighted by Gasteiger charge is -2.30. The first-order valence-electron chi connectivity index (χ1n) is 7.16. The van der Waals surface area contributed by atoms with Crippen molar-refractivity contribution in [3.63, 3.8) is 0 Å². The van der Waals surface area contributed by atoms with E-state index in [2.05, 4.69) is 15.5 Å². The number of thiophene rings is 1. The van der Waals surface area contributed by atoms with E-state index < -0.39 is 0 Å². The largest absolute Gasteiger partial charge is 0.420 e. The molecule has 21 heavy (non-hydrogen) atoms. The average Bonchev–Trinajstić information content (AvgIpc) is 3.19. The second-order valence-corrected chi connectivity index (χ2v) is 5.83. The molecule has 0 unspecified atom stereocenters. The Hall–Kier alpha value is -1.89. The van der Waals surface area contributed by atoms with Gasteiger partial charge in [-0.2, -0.15) is 11.3 Å². The number of rotatable bonds is 3. The number of hydrogen-bond acceptors (Lipinski definition) is 5. The van der Waals surface area contributed by atoms with Crippen LogP contribution in [0.5, 0.6) is 0 Å². The second-order valence-electron chi connectivity index (χ2n) is 5.05. The summed E-state index contributed by atoms with van der Waals surface area (Å²) in [7, 11) is 0. The van der Waals surface area contributed by atoms with Gasteiger partial charge in [0.2, 0.25) is 11.8 Å². The number of likely N-dealkylation sites (tertiary alicyclic amines) is 1. The lowest BCUT2D eigenvalue weighted by molar-refractivity contribution is 0.178. The molecule has 0 aromatic carbocycles. The maximum atomic E-state index is 11.8. The summed E-state index contributed by atoms with van der Waals surface area (Å²) in [5.74, 6) is 1.51. The Labute approximate surface area is 127 Å². The monoisotopic (exact) mass is 306 g/mol. The summed E-state index contributed by atoms with van der Waals surface area (Å²) >= 11 is 1.61. The Balaban J connectivity index is 1.61. The first-order valence-corrected chi connectivity index (χ1v) is 8.11. The van der Waals surface area contributed by atoms with Gasteiger partial charge in [0.25, 0.3) is 0 Å². The maximum Gasteiger partial charge on any atom is 0.317 e. The van der Waals surface area contributed by atoms with Gasteiger partial charge in [-0.3, -0.25) is 0 Å². The Morgan fingerprint density at radius 3 is 2.95 bits per heavy atom. The molecule has 1 N–H and O–H groups in total. The Morgan fingerprint density at radius 2 is 2.29 bits per heavy atom. The van der Waals surface area contributed by atoms with Gasteiger partial charge in [-0.25, -0.2) is 4.79 Å². The van der Waals surface area contributed by atoms with E-state index >= 15 is 0 Å². The van der Waals surface area contributed by atoms with Gasteiger partial charge < -0.3 is 14.6 Å². The highest BCUT2D eigenvalue weighted by Crippen LogP contribution is 2.29. The van der Waals surface area contributed by atoms with E-state index in [1.807, 2.05) is 28.7 Å². The SMILES string of the molecule is CCNC(=O)N1CCC(c2nnc(-c3ccsc3)o2)CC1. The van der Waals surface area contributed by atoms with Crippen LogP contribution in [-0.2, 0) is 0 Å². The Bertz CT molecular complexity index is 588. The van der Waals surface area contributed by atoms with Gasteiger partial charge in [-0.1, -0.05) is 0 Å². The van der Waals surface area contributed by atoms with Crippen LogP contribution in [0.3, 0.4) is 0 Å². The van der Waals surface area contributed by atoms with Crippen LogP contribution in [0.4, 0.5) is 4.79 Å². The summed E-state index contributed by atoms with van der Waals surface area (Å²) < 4.78 is 5.78. The molecule has 6 nitrogen and oxygen atoms in total. The van der Waals surface area contributed by atoms with Crippen LogP contribution in [0.1, 0.15) is 31.6 Å². The van der Waals surface area contributed by atoms with Gasteiger partial charge in [-0.15, -0.1) is 10.2 Å². The Kier molecular flexibility index (Phi) is 4.19. The zero-order chi connectivity index (χ0) is 14.7. The number of carbonyl (C=O) groups excluding carboxylic acids is 1. The molecule has 0 bridgehead atoms. The van der Waals surface area contributed by atoms with Gasteiger partial charge in [0, 0.05) is 36.5 Å². The summed E-state index contributed by atoms with van der Waals surface area (Å²) in [5, 5.41) is 15.1. The van der Waals surface area contributed by atoms with E-state index in [1.54, 1.807) is 11.3 Å². The smallest absolute Gasteiger partial charge is 0.317 e. The third-order valence-electron chi connectivity index (χ3n) is 3.67. The van der Waals surface area contributed by atoms with Crippen LogP contribution in [0.25, 0.3) is 11.5 Å². The normalized spacial score (nSPS) is 16.1. The molecular weight excluding hydrogens is 288 g/mol. The molecule has 112 valence electrons. The first-order chi connectivity index (χ1) is 10.3. The Morgan fingerprint density at radius 1 is 1.48 bits per heavy atom. The molecule has 1 fully saturated rings. The quantitative estimate of drug-likeness (QED) is 0.946. The summed E-state index contributed by atoms with van der Waals surface area (Å²) in [6.45, 7) is 4.04. The average molecular weight is 306 g/mol. The number of amides is 2. The minimum atomic E-state index is 0.0143. The number of piperidine rings is 1. The van der Waals surface area contributed by atoms with E-state index in [-0.39, 0.29) is 11.9 Å². The van der Waals surface area contributed by atoms with Crippen LogP contribution < -0.4 is 5.32 Å². The van der Waals surface area contributed by atoms with Crippen LogP contribution in [-0.4, -0.2) is 40.8 Å². The van der Waals surface area contributed by atoms with Crippen LogP contribution in [0.15, 0.2) is 21.2 Å². The first kappa shape index (κ1) is 14.1. The fourth-order valence-electron chi connectivity index (χ4n) is 2.49. The van der Waals surface area contributed by atoms with E-state index in [4.69, 9.17) is 4.42 Å². The highest BCUT2D eigenvalue weighted by molar-refractivity contribution is 7.08. The number of urea groups is 1. The summed E-state index contributed by atoms with van der Waals surface area (Å²) in [4.78, 5) is 13.6. The summed E-state index contributed by atoms with van der Waals surface area (Å²) in [6.07, 6.45) is 1.73. The van der Waals surface area contributed by atoms with Crippen LogP contribution in [0.2, 0.25) is 0 Å². The highest BCUT2D eigenvalue weighted by Gasteiger charge is 2.27. The lowest BCUT2D eigenvalue weighted by atomic mass is 9.97. The summed E-state index contributed by atoms with van der Waals surface area (Å²) in [5.41, 5.74) is 0.971. The van der Waals surface area contributed by atoms with Gasteiger partial charge in [0.1, 0.15) is 0 Å². The lowest BCUT2D eigenvalue weighted by Crippen LogP contribution is -2.44.